The van der Waals surface area contributed by atoms with Crippen molar-refractivity contribution in [3.8, 4) is 0 Å². The fourth-order valence-electron chi connectivity index (χ4n) is 2.40. The molecule has 1 fully saturated rings. The van der Waals surface area contributed by atoms with Gasteiger partial charge < -0.3 is 16.0 Å². The van der Waals surface area contributed by atoms with Crippen LogP contribution in [0.15, 0.2) is 30.5 Å². The van der Waals surface area contributed by atoms with Gasteiger partial charge in [0.1, 0.15) is 0 Å². The van der Waals surface area contributed by atoms with Crippen LogP contribution in [-0.4, -0.2) is 23.5 Å². The van der Waals surface area contributed by atoms with Crippen molar-refractivity contribution in [2.75, 3.05) is 6.54 Å². The largest absolute Gasteiger partial charge is 0.361 e. The van der Waals surface area contributed by atoms with Crippen LogP contribution in [0.1, 0.15) is 23.2 Å². The van der Waals surface area contributed by atoms with E-state index in [1.807, 2.05) is 30.5 Å². The molecule has 1 aliphatic carbocycles. The molecule has 2 aromatic rings. The second-order valence-corrected chi connectivity index (χ2v) is 4.90. The number of amides is 1. The number of benzene rings is 1. The number of aromatic nitrogens is 1. The van der Waals surface area contributed by atoms with E-state index in [0.717, 1.165) is 10.9 Å². The van der Waals surface area contributed by atoms with Crippen molar-refractivity contribution in [1.29, 1.82) is 0 Å². The lowest BCUT2D eigenvalue weighted by atomic mass is 10.1. The predicted octanol–water partition coefficient (Wildman–Crippen LogP) is 1.64. The van der Waals surface area contributed by atoms with Crippen LogP contribution in [0.25, 0.3) is 10.9 Å². The van der Waals surface area contributed by atoms with E-state index in [2.05, 4.69) is 10.3 Å². The highest BCUT2D eigenvalue weighted by molar-refractivity contribution is 6.06. The topological polar surface area (TPSA) is 70.9 Å². The van der Waals surface area contributed by atoms with Gasteiger partial charge in [-0.05, 0) is 37.0 Å². The minimum atomic E-state index is -0.0254. The summed E-state index contributed by atoms with van der Waals surface area (Å²) in [6, 6.07) is 7.76. The zero-order chi connectivity index (χ0) is 12.5. The van der Waals surface area contributed by atoms with Crippen LogP contribution < -0.4 is 11.1 Å². The maximum atomic E-state index is 12.3. The standard InChI is InChI=1S/C14H17N3O/c15-8-13(9-4-5-9)17-14(18)11-2-1-3-12-10(11)6-7-16-12/h1-3,6-7,9,13,16H,4-5,8,15H2,(H,17,18). The molecule has 0 spiro atoms. The van der Waals surface area contributed by atoms with Crippen molar-refractivity contribution in [1.82, 2.24) is 10.3 Å². The van der Waals surface area contributed by atoms with E-state index in [4.69, 9.17) is 5.73 Å². The van der Waals surface area contributed by atoms with Crippen LogP contribution in [0.2, 0.25) is 0 Å². The van der Waals surface area contributed by atoms with Gasteiger partial charge in [-0.15, -0.1) is 0 Å². The third-order valence-electron chi connectivity index (χ3n) is 3.60. The highest BCUT2D eigenvalue weighted by atomic mass is 16.1. The van der Waals surface area contributed by atoms with Crippen molar-refractivity contribution in [3.63, 3.8) is 0 Å². The highest BCUT2D eigenvalue weighted by Gasteiger charge is 2.31. The van der Waals surface area contributed by atoms with E-state index in [1.165, 1.54) is 12.8 Å². The minimum Gasteiger partial charge on any atom is -0.361 e. The van der Waals surface area contributed by atoms with Gasteiger partial charge in [-0.2, -0.15) is 0 Å². The third kappa shape index (κ3) is 1.99. The Morgan fingerprint density at radius 2 is 2.28 bits per heavy atom. The molecule has 0 bridgehead atoms. The molecule has 1 heterocycles. The summed E-state index contributed by atoms with van der Waals surface area (Å²) in [6.45, 7) is 0.513. The molecular weight excluding hydrogens is 226 g/mol. The molecule has 1 unspecified atom stereocenters. The fourth-order valence-corrected chi connectivity index (χ4v) is 2.40. The number of rotatable bonds is 4. The first kappa shape index (κ1) is 11.3. The van der Waals surface area contributed by atoms with Crippen LogP contribution in [0, 0.1) is 5.92 Å². The Labute approximate surface area is 106 Å². The molecular formula is C14H17N3O. The Kier molecular flexibility index (Phi) is 2.80. The van der Waals surface area contributed by atoms with Crippen LogP contribution in [0.4, 0.5) is 0 Å². The first-order valence-electron chi connectivity index (χ1n) is 6.36. The molecule has 1 aliphatic rings. The number of H-pyrrole nitrogens is 1. The van der Waals surface area contributed by atoms with Gasteiger partial charge >= 0.3 is 0 Å². The first-order chi connectivity index (χ1) is 8.79. The van der Waals surface area contributed by atoms with E-state index in [9.17, 15) is 4.79 Å². The van der Waals surface area contributed by atoms with Gasteiger partial charge in [0.15, 0.2) is 0 Å². The zero-order valence-electron chi connectivity index (χ0n) is 10.1. The van der Waals surface area contributed by atoms with Crippen LogP contribution in [-0.2, 0) is 0 Å². The molecule has 0 saturated heterocycles. The van der Waals surface area contributed by atoms with Gasteiger partial charge in [0.05, 0.1) is 0 Å². The summed E-state index contributed by atoms with van der Waals surface area (Å²) >= 11 is 0. The molecule has 3 rings (SSSR count). The van der Waals surface area contributed by atoms with Crippen LogP contribution in [0.3, 0.4) is 0 Å². The molecule has 0 radical (unpaired) electrons. The summed E-state index contributed by atoms with van der Waals surface area (Å²) in [5, 5.41) is 4.01. The SMILES string of the molecule is NCC(NC(=O)c1cccc2[nH]ccc12)C1CC1. The number of carbonyl (C=O) groups excluding carboxylic acids is 1. The van der Waals surface area contributed by atoms with E-state index < -0.39 is 0 Å². The molecule has 4 nitrogen and oxygen atoms in total. The molecule has 4 heteroatoms. The summed E-state index contributed by atoms with van der Waals surface area (Å²) in [5.41, 5.74) is 7.41. The number of nitrogens with one attached hydrogen (secondary N) is 2. The van der Waals surface area contributed by atoms with Gasteiger partial charge in [0, 0.05) is 35.2 Å². The maximum Gasteiger partial charge on any atom is 0.252 e. The van der Waals surface area contributed by atoms with Gasteiger partial charge in [0.2, 0.25) is 0 Å². The van der Waals surface area contributed by atoms with Crippen molar-refractivity contribution in [2.24, 2.45) is 11.7 Å². The lowest BCUT2D eigenvalue weighted by molar-refractivity contribution is 0.0935. The number of carbonyl (C=O) groups is 1. The smallest absolute Gasteiger partial charge is 0.252 e. The van der Waals surface area contributed by atoms with Crippen molar-refractivity contribution in [2.45, 2.75) is 18.9 Å². The fraction of sp³-hybridized carbons (Fsp3) is 0.357. The van der Waals surface area contributed by atoms with Gasteiger partial charge in [-0.1, -0.05) is 6.07 Å². The van der Waals surface area contributed by atoms with E-state index >= 15 is 0 Å². The van der Waals surface area contributed by atoms with Gasteiger partial charge in [-0.3, -0.25) is 4.79 Å². The molecule has 1 aromatic heterocycles. The third-order valence-corrected chi connectivity index (χ3v) is 3.60. The average molecular weight is 243 g/mol. The lowest BCUT2D eigenvalue weighted by Crippen LogP contribution is -2.41. The molecule has 1 atom stereocenters. The Balaban J connectivity index is 1.85. The molecule has 1 saturated carbocycles. The van der Waals surface area contributed by atoms with Gasteiger partial charge in [-0.25, -0.2) is 0 Å². The quantitative estimate of drug-likeness (QED) is 0.764. The Bertz CT molecular complexity index is 571. The number of hydrogen-bond acceptors (Lipinski definition) is 2. The van der Waals surface area contributed by atoms with E-state index in [0.29, 0.717) is 18.0 Å². The van der Waals surface area contributed by atoms with Crippen molar-refractivity contribution >= 4 is 16.8 Å². The Hall–Kier alpha value is -1.81. The normalized spacial score (nSPS) is 16.7. The first-order valence-corrected chi connectivity index (χ1v) is 6.36. The summed E-state index contributed by atoms with van der Waals surface area (Å²) in [5.74, 6) is 0.548. The van der Waals surface area contributed by atoms with E-state index in [1.54, 1.807) is 0 Å². The minimum absolute atomic E-state index is 0.0254. The van der Waals surface area contributed by atoms with Crippen molar-refractivity contribution in [3.05, 3.63) is 36.0 Å². The predicted molar refractivity (Wildman–Crippen MR) is 71.3 cm³/mol. The Morgan fingerprint density at radius 1 is 1.44 bits per heavy atom. The Morgan fingerprint density at radius 3 is 3.00 bits per heavy atom. The molecule has 94 valence electrons. The number of hydrogen-bond donors (Lipinski definition) is 3. The molecule has 4 N–H and O–H groups in total. The number of aromatic amines is 1. The maximum absolute atomic E-state index is 12.3. The summed E-state index contributed by atoms with van der Waals surface area (Å²) < 4.78 is 0. The second kappa shape index (κ2) is 4.46. The summed E-state index contributed by atoms with van der Waals surface area (Å²) in [7, 11) is 0. The van der Waals surface area contributed by atoms with Gasteiger partial charge in [0.25, 0.3) is 5.91 Å². The van der Waals surface area contributed by atoms with Crippen LogP contribution >= 0.6 is 0 Å². The monoisotopic (exact) mass is 243 g/mol. The zero-order valence-corrected chi connectivity index (χ0v) is 10.1. The number of fused-ring (bicyclic) bond motifs is 1. The molecule has 0 aliphatic heterocycles. The lowest BCUT2D eigenvalue weighted by Gasteiger charge is -2.16. The summed E-state index contributed by atoms with van der Waals surface area (Å²) in [6.07, 6.45) is 4.20. The molecule has 18 heavy (non-hydrogen) atoms. The molecule has 1 amide bonds. The van der Waals surface area contributed by atoms with Crippen LogP contribution in [0.5, 0.6) is 0 Å². The highest BCUT2D eigenvalue weighted by Crippen LogP contribution is 2.32. The summed E-state index contributed by atoms with van der Waals surface area (Å²) in [4.78, 5) is 15.4. The second-order valence-electron chi connectivity index (χ2n) is 4.90. The molecule has 1 aromatic carbocycles. The van der Waals surface area contributed by atoms with Crippen molar-refractivity contribution < 1.29 is 4.79 Å². The number of nitrogens with two attached hydrogens (primary N) is 1. The van der Waals surface area contributed by atoms with E-state index in [-0.39, 0.29) is 11.9 Å². The average Bonchev–Trinajstić information content (AvgIpc) is 3.11.